The average molecular weight is 368 g/mol. The minimum atomic E-state index is -0.000187. The van der Waals surface area contributed by atoms with Gasteiger partial charge in [-0.15, -0.1) is 0 Å². The van der Waals surface area contributed by atoms with Gasteiger partial charge >= 0.3 is 0 Å². The third-order valence-electron chi connectivity index (χ3n) is 4.36. The van der Waals surface area contributed by atoms with E-state index in [1.165, 1.54) is 0 Å². The van der Waals surface area contributed by atoms with Gasteiger partial charge in [0.2, 0.25) is 0 Å². The van der Waals surface area contributed by atoms with Gasteiger partial charge in [0, 0.05) is 26.3 Å². The Morgan fingerprint density at radius 3 is 2.04 bits per heavy atom. The van der Waals surface area contributed by atoms with Gasteiger partial charge in [-0.1, -0.05) is 12.1 Å². The Morgan fingerprint density at radius 2 is 1.56 bits per heavy atom. The lowest BCUT2D eigenvalue weighted by Crippen LogP contribution is -3.10. The Balaban J connectivity index is 1.54. The van der Waals surface area contributed by atoms with E-state index in [0.717, 1.165) is 27.7 Å². The fraction of sp³-hybridized carbons (Fsp3) is 0.286. The summed E-state index contributed by atoms with van der Waals surface area (Å²) in [4.78, 5) is 15.6. The summed E-state index contributed by atoms with van der Waals surface area (Å²) in [5.41, 5.74) is 2.21. The number of rotatable bonds is 9. The molecule has 3 aromatic rings. The van der Waals surface area contributed by atoms with Gasteiger partial charge in [-0.05, 0) is 42.0 Å². The molecule has 0 aliphatic rings. The Kier molecular flexibility index (Phi) is 6.33. The van der Waals surface area contributed by atoms with Crippen molar-refractivity contribution in [1.82, 2.24) is 5.32 Å². The maximum atomic E-state index is 12.5. The van der Waals surface area contributed by atoms with Crippen molar-refractivity contribution in [1.29, 1.82) is 0 Å². The van der Waals surface area contributed by atoms with Gasteiger partial charge in [0.15, 0.2) is 18.1 Å². The van der Waals surface area contributed by atoms with Gasteiger partial charge in [0.1, 0.15) is 13.1 Å². The summed E-state index contributed by atoms with van der Waals surface area (Å²) in [6.07, 6.45) is 3.30. The smallest absolute Gasteiger partial charge is 0.275 e. The van der Waals surface area contributed by atoms with E-state index in [-0.39, 0.29) is 5.91 Å². The minimum absolute atomic E-state index is 0.000187. The Bertz CT molecular complexity index is 773. The highest BCUT2D eigenvalue weighted by Crippen LogP contribution is 2.11. The lowest BCUT2D eigenvalue weighted by molar-refractivity contribution is -0.921. The molecule has 0 saturated carbocycles. The lowest BCUT2D eigenvalue weighted by atomic mass is 10.2. The van der Waals surface area contributed by atoms with Crippen LogP contribution < -0.4 is 15.1 Å². The molecule has 1 aromatic carbocycles. The number of nitrogens with one attached hydrogen (secondary N) is 2. The molecule has 0 spiro atoms. The molecule has 0 fully saturated rings. The number of carbonyl (C=O) groups excluding carboxylic acids is 1. The number of hydrogen-bond donors (Lipinski definition) is 2. The van der Waals surface area contributed by atoms with Crippen LogP contribution in [-0.2, 0) is 24.4 Å². The summed E-state index contributed by atoms with van der Waals surface area (Å²) in [5.74, 6) is 1.70. The molecular weight excluding hydrogens is 342 g/mol. The van der Waals surface area contributed by atoms with Crippen molar-refractivity contribution in [2.24, 2.45) is 0 Å². The van der Waals surface area contributed by atoms with Gasteiger partial charge in [0.05, 0.1) is 12.5 Å². The molecule has 0 bridgehead atoms. The van der Waals surface area contributed by atoms with Crippen LogP contribution in [-0.4, -0.2) is 26.5 Å². The maximum absolute atomic E-state index is 12.5. The quantitative estimate of drug-likeness (QED) is 0.605. The van der Waals surface area contributed by atoms with Crippen LogP contribution in [0.3, 0.4) is 0 Å². The van der Waals surface area contributed by atoms with Gasteiger partial charge in [-0.25, -0.2) is 0 Å². The van der Waals surface area contributed by atoms with E-state index in [0.29, 0.717) is 26.2 Å². The first-order valence-corrected chi connectivity index (χ1v) is 9.01. The van der Waals surface area contributed by atoms with Crippen LogP contribution in [0.5, 0.6) is 0 Å². The molecule has 2 heterocycles. The van der Waals surface area contributed by atoms with Gasteiger partial charge in [-0.3, -0.25) is 4.79 Å². The maximum Gasteiger partial charge on any atom is 0.275 e. The number of hydrogen-bond acceptors (Lipinski definition) is 4. The molecule has 142 valence electrons. The number of amides is 1. The minimum Gasteiger partial charge on any atom is -0.463 e. The second-order valence-electron chi connectivity index (χ2n) is 6.78. The van der Waals surface area contributed by atoms with Crippen molar-refractivity contribution >= 4 is 11.6 Å². The summed E-state index contributed by atoms with van der Waals surface area (Å²) < 4.78 is 10.9. The first-order chi connectivity index (χ1) is 13.1. The summed E-state index contributed by atoms with van der Waals surface area (Å²) in [7, 11) is 4.01. The Morgan fingerprint density at radius 1 is 0.963 bits per heavy atom. The van der Waals surface area contributed by atoms with Crippen LogP contribution in [0.1, 0.15) is 17.1 Å². The van der Waals surface area contributed by atoms with Crippen LogP contribution in [0.25, 0.3) is 0 Å². The van der Waals surface area contributed by atoms with Gasteiger partial charge in [-0.2, -0.15) is 0 Å². The highest BCUT2D eigenvalue weighted by Gasteiger charge is 2.18. The van der Waals surface area contributed by atoms with Crippen molar-refractivity contribution in [2.75, 3.05) is 25.5 Å². The van der Waals surface area contributed by atoms with E-state index >= 15 is 0 Å². The van der Waals surface area contributed by atoms with Crippen molar-refractivity contribution < 1.29 is 18.5 Å². The van der Waals surface area contributed by atoms with E-state index in [2.05, 4.69) is 5.32 Å². The van der Waals surface area contributed by atoms with E-state index in [1.54, 1.807) is 12.5 Å². The fourth-order valence-corrected chi connectivity index (χ4v) is 2.91. The molecule has 0 radical (unpaired) electrons. The number of anilines is 1. The van der Waals surface area contributed by atoms with Crippen LogP contribution in [0.15, 0.2) is 69.9 Å². The van der Waals surface area contributed by atoms with Crippen molar-refractivity contribution in [2.45, 2.75) is 19.6 Å². The SMILES string of the molecule is CN(C)c1ccc(CNC(=O)C[NH+](Cc2ccco2)Cc2ccco2)cc1. The molecule has 3 rings (SSSR count). The number of furan rings is 2. The molecule has 2 aromatic heterocycles. The molecule has 27 heavy (non-hydrogen) atoms. The van der Waals surface area contributed by atoms with Crippen molar-refractivity contribution in [3.8, 4) is 0 Å². The highest BCUT2D eigenvalue weighted by molar-refractivity contribution is 5.76. The standard InChI is InChI=1S/C21H25N3O3/c1-23(2)18-9-7-17(8-10-18)13-22-21(25)16-24(14-19-5-3-11-26-19)15-20-6-4-12-27-20/h3-12H,13-16H2,1-2H3,(H,22,25)/p+1. The first-order valence-electron chi connectivity index (χ1n) is 9.01. The second-order valence-corrected chi connectivity index (χ2v) is 6.78. The molecule has 0 saturated heterocycles. The summed E-state index contributed by atoms with van der Waals surface area (Å²) in [5, 5.41) is 3.00. The van der Waals surface area contributed by atoms with Crippen LogP contribution in [0.2, 0.25) is 0 Å². The molecule has 0 aliphatic carbocycles. The molecule has 2 N–H and O–H groups in total. The number of quaternary nitrogens is 1. The van der Waals surface area contributed by atoms with E-state index in [9.17, 15) is 4.79 Å². The summed E-state index contributed by atoms with van der Waals surface area (Å²) in [6.45, 7) is 2.11. The van der Waals surface area contributed by atoms with Crippen LogP contribution in [0, 0.1) is 0 Å². The summed E-state index contributed by atoms with van der Waals surface area (Å²) >= 11 is 0. The molecule has 6 heteroatoms. The molecule has 6 nitrogen and oxygen atoms in total. The van der Waals surface area contributed by atoms with Gasteiger partial charge in [0.25, 0.3) is 5.91 Å². The second kappa shape index (κ2) is 9.09. The zero-order chi connectivity index (χ0) is 19.1. The van der Waals surface area contributed by atoms with Crippen molar-refractivity contribution in [3.05, 3.63) is 78.1 Å². The molecular formula is C21H26N3O3+. The zero-order valence-electron chi connectivity index (χ0n) is 15.8. The molecule has 0 atom stereocenters. The normalized spacial score (nSPS) is 10.9. The number of nitrogens with zero attached hydrogens (tertiary/aromatic N) is 1. The van der Waals surface area contributed by atoms with Crippen LogP contribution >= 0.6 is 0 Å². The van der Waals surface area contributed by atoms with Crippen molar-refractivity contribution in [3.63, 3.8) is 0 Å². The first kappa shape index (κ1) is 18.8. The number of benzene rings is 1. The largest absolute Gasteiger partial charge is 0.463 e. The molecule has 0 aliphatic heterocycles. The third kappa shape index (κ3) is 5.76. The number of carbonyl (C=O) groups is 1. The summed E-state index contributed by atoms with van der Waals surface area (Å²) in [6, 6.07) is 15.7. The monoisotopic (exact) mass is 368 g/mol. The van der Waals surface area contributed by atoms with Gasteiger partial charge < -0.3 is 24.0 Å². The average Bonchev–Trinajstić information content (AvgIpc) is 3.34. The van der Waals surface area contributed by atoms with Crippen LogP contribution in [0.4, 0.5) is 5.69 Å². The van der Waals surface area contributed by atoms with E-state index < -0.39 is 0 Å². The molecule has 0 unspecified atom stereocenters. The Hall–Kier alpha value is -2.99. The predicted molar refractivity (Wildman–Crippen MR) is 103 cm³/mol. The highest BCUT2D eigenvalue weighted by atomic mass is 16.3. The fourth-order valence-electron chi connectivity index (χ4n) is 2.91. The van der Waals surface area contributed by atoms with E-state index in [4.69, 9.17) is 8.83 Å². The lowest BCUT2D eigenvalue weighted by Gasteiger charge is -2.17. The predicted octanol–water partition coefficient (Wildman–Crippen LogP) is 1.84. The molecule has 1 amide bonds. The topological polar surface area (TPSA) is 63.1 Å². The zero-order valence-corrected chi connectivity index (χ0v) is 15.8. The Labute approximate surface area is 159 Å². The third-order valence-corrected chi connectivity index (χ3v) is 4.36. The van der Waals surface area contributed by atoms with E-state index in [1.807, 2.05) is 67.5 Å².